The molecule has 2 saturated heterocycles. The van der Waals surface area contributed by atoms with Gasteiger partial charge in [-0.15, -0.1) is 0 Å². The Labute approximate surface area is 205 Å². The zero-order valence-corrected chi connectivity index (χ0v) is 20.1. The summed E-state index contributed by atoms with van der Waals surface area (Å²) in [5.41, 5.74) is 2.04. The van der Waals surface area contributed by atoms with Gasteiger partial charge in [0.05, 0.1) is 6.42 Å². The van der Waals surface area contributed by atoms with Gasteiger partial charge in [-0.1, -0.05) is 48.0 Å². The fraction of sp³-hybridized carbons (Fsp3) is 0.481. The van der Waals surface area contributed by atoms with Crippen LogP contribution in [0.4, 0.5) is 4.39 Å². The van der Waals surface area contributed by atoms with Crippen molar-refractivity contribution in [2.24, 2.45) is 11.3 Å². The van der Waals surface area contributed by atoms with E-state index in [0.717, 1.165) is 52.0 Å². The van der Waals surface area contributed by atoms with Crippen LogP contribution < -0.4 is 0 Å². The third-order valence-corrected chi connectivity index (χ3v) is 8.24. The van der Waals surface area contributed by atoms with Gasteiger partial charge in [0.25, 0.3) is 0 Å². The first-order valence-corrected chi connectivity index (χ1v) is 12.6. The van der Waals surface area contributed by atoms with Gasteiger partial charge in [0.1, 0.15) is 5.82 Å². The van der Waals surface area contributed by atoms with Crippen LogP contribution in [-0.2, 0) is 22.6 Å². The van der Waals surface area contributed by atoms with Crippen LogP contribution in [0.25, 0.3) is 0 Å². The third-order valence-electron chi connectivity index (χ3n) is 7.89. The van der Waals surface area contributed by atoms with Crippen LogP contribution in [0.3, 0.4) is 0 Å². The van der Waals surface area contributed by atoms with Crippen molar-refractivity contribution >= 4 is 23.4 Å². The highest BCUT2D eigenvalue weighted by Crippen LogP contribution is 2.60. The lowest BCUT2D eigenvalue weighted by molar-refractivity contribution is -0.136. The second kappa shape index (κ2) is 9.67. The van der Waals surface area contributed by atoms with Crippen LogP contribution in [0, 0.1) is 17.2 Å². The molecule has 2 heterocycles. The summed E-state index contributed by atoms with van der Waals surface area (Å²) >= 11 is 6.09. The van der Waals surface area contributed by atoms with Gasteiger partial charge >= 0.3 is 0 Å². The molecule has 0 unspecified atom stereocenters. The number of benzene rings is 2. The van der Waals surface area contributed by atoms with E-state index in [1.165, 1.54) is 17.7 Å². The Kier molecular flexibility index (Phi) is 6.63. The minimum absolute atomic E-state index is 0.0152. The number of likely N-dealkylation sites (tertiary alicyclic amines) is 1. The molecule has 1 saturated carbocycles. The Morgan fingerprint density at radius 3 is 2.32 bits per heavy atom. The second-order valence-corrected chi connectivity index (χ2v) is 10.4. The lowest BCUT2D eigenvalue weighted by Gasteiger charge is -2.36. The number of hydrogen-bond acceptors (Lipinski definition) is 3. The minimum Gasteiger partial charge on any atom is -0.342 e. The molecule has 1 spiro atoms. The lowest BCUT2D eigenvalue weighted by Crippen LogP contribution is -2.49. The molecule has 5 nitrogen and oxygen atoms in total. The fourth-order valence-corrected chi connectivity index (χ4v) is 5.81. The summed E-state index contributed by atoms with van der Waals surface area (Å²) in [6, 6.07) is 14.6. The van der Waals surface area contributed by atoms with E-state index < -0.39 is 5.82 Å². The average Bonchev–Trinajstić information content (AvgIpc) is 3.55. The van der Waals surface area contributed by atoms with E-state index in [0.29, 0.717) is 29.6 Å². The maximum Gasteiger partial charge on any atom is 0.227 e. The molecule has 0 bridgehead atoms. The van der Waals surface area contributed by atoms with Crippen LogP contribution in [0.2, 0.25) is 5.02 Å². The summed E-state index contributed by atoms with van der Waals surface area (Å²) < 4.78 is 13.3. The molecule has 3 fully saturated rings. The Bertz CT molecular complexity index is 1050. The van der Waals surface area contributed by atoms with Crippen molar-refractivity contribution in [3.05, 3.63) is 70.5 Å². The van der Waals surface area contributed by atoms with Crippen LogP contribution in [0.15, 0.2) is 48.5 Å². The second-order valence-electron chi connectivity index (χ2n) is 10.00. The van der Waals surface area contributed by atoms with Crippen molar-refractivity contribution in [3.63, 3.8) is 0 Å². The number of amides is 2. The van der Waals surface area contributed by atoms with Gasteiger partial charge in [0.2, 0.25) is 11.8 Å². The van der Waals surface area contributed by atoms with Crippen LogP contribution >= 0.6 is 11.6 Å². The third kappa shape index (κ3) is 4.98. The number of piperidine rings is 1. The Morgan fingerprint density at radius 1 is 0.941 bits per heavy atom. The molecule has 0 aromatic heterocycles. The molecule has 1 atom stereocenters. The highest BCUT2D eigenvalue weighted by atomic mass is 35.5. The summed E-state index contributed by atoms with van der Waals surface area (Å²) in [5.74, 6) is 0.0267. The Hall–Kier alpha value is -2.44. The number of carbonyl (C=O) groups is 2. The SMILES string of the molecule is O=C(Cc1ccc(F)cc1Cl)N1CCC2(CC1)C[C@@H]2C(=O)N1CCN(Cc2ccccc2)CC1. The number of nitrogens with zero attached hydrogens (tertiary/aromatic N) is 3. The molecule has 180 valence electrons. The average molecular weight is 484 g/mol. The predicted molar refractivity (Wildman–Crippen MR) is 130 cm³/mol. The van der Waals surface area contributed by atoms with Crippen LogP contribution in [0.5, 0.6) is 0 Å². The number of carbonyl (C=O) groups excluding carboxylic acids is 2. The highest BCUT2D eigenvalue weighted by molar-refractivity contribution is 6.31. The first kappa shape index (κ1) is 23.3. The van der Waals surface area contributed by atoms with Gasteiger partial charge in [-0.25, -0.2) is 4.39 Å². The van der Waals surface area contributed by atoms with E-state index in [9.17, 15) is 14.0 Å². The molecule has 0 radical (unpaired) electrons. The van der Waals surface area contributed by atoms with Gasteiger partial charge in [0, 0.05) is 56.8 Å². The van der Waals surface area contributed by atoms with Crippen molar-refractivity contribution in [1.82, 2.24) is 14.7 Å². The molecule has 2 amide bonds. The molecule has 0 N–H and O–H groups in total. The zero-order chi connectivity index (χ0) is 23.7. The van der Waals surface area contributed by atoms with Gasteiger partial charge in [-0.2, -0.15) is 0 Å². The van der Waals surface area contributed by atoms with Gasteiger partial charge in [-0.3, -0.25) is 14.5 Å². The molecule has 1 aliphatic carbocycles. The molecule has 3 aliphatic rings. The zero-order valence-electron chi connectivity index (χ0n) is 19.4. The normalized spacial score (nSPS) is 22.1. The number of rotatable bonds is 5. The number of piperazine rings is 1. The quantitative estimate of drug-likeness (QED) is 0.645. The van der Waals surface area contributed by atoms with Crippen molar-refractivity contribution < 1.29 is 14.0 Å². The van der Waals surface area contributed by atoms with Crippen molar-refractivity contribution in [3.8, 4) is 0 Å². The molecule has 5 rings (SSSR count). The smallest absolute Gasteiger partial charge is 0.227 e. The lowest BCUT2D eigenvalue weighted by atomic mass is 9.90. The Morgan fingerprint density at radius 2 is 1.65 bits per heavy atom. The first-order chi connectivity index (χ1) is 16.4. The molecular weight excluding hydrogens is 453 g/mol. The molecule has 2 aliphatic heterocycles. The summed E-state index contributed by atoms with van der Waals surface area (Å²) in [6.45, 7) is 5.69. The van der Waals surface area contributed by atoms with Crippen LogP contribution in [-0.4, -0.2) is 65.8 Å². The minimum atomic E-state index is -0.400. The molecule has 34 heavy (non-hydrogen) atoms. The monoisotopic (exact) mass is 483 g/mol. The molecular formula is C27H31ClFN3O2. The Balaban J connectivity index is 1.08. The van der Waals surface area contributed by atoms with Gasteiger partial charge in [-0.05, 0) is 47.9 Å². The van der Waals surface area contributed by atoms with Gasteiger partial charge in [0.15, 0.2) is 0 Å². The van der Waals surface area contributed by atoms with Crippen molar-refractivity contribution in [2.75, 3.05) is 39.3 Å². The molecule has 7 heteroatoms. The first-order valence-electron chi connectivity index (χ1n) is 12.2. The predicted octanol–water partition coefficient (Wildman–Crippen LogP) is 3.99. The molecule has 2 aromatic carbocycles. The maximum absolute atomic E-state index is 13.3. The summed E-state index contributed by atoms with van der Waals surface area (Å²) in [5, 5.41) is 0.290. The highest BCUT2D eigenvalue weighted by Gasteiger charge is 2.59. The standard InChI is InChI=1S/C27H31ClFN3O2/c28-24-17-22(29)7-6-21(24)16-25(33)31-10-8-27(9-11-31)18-23(27)26(34)32-14-12-30(13-15-32)19-20-4-2-1-3-5-20/h1-7,17,23H,8-16,18-19H2/t23-/m1/s1. The largest absolute Gasteiger partial charge is 0.342 e. The van der Waals surface area contributed by atoms with E-state index >= 15 is 0 Å². The van der Waals surface area contributed by atoms with Crippen LogP contribution in [0.1, 0.15) is 30.4 Å². The maximum atomic E-state index is 13.3. The topological polar surface area (TPSA) is 43.9 Å². The van der Waals surface area contributed by atoms with Crippen molar-refractivity contribution in [1.29, 1.82) is 0 Å². The van der Waals surface area contributed by atoms with E-state index in [-0.39, 0.29) is 23.7 Å². The number of halogens is 2. The van der Waals surface area contributed by atoms with E-state index in [4.69, 9.17) is 11.6 Å². The van der Waals surface area contributed by atoms with E-state index in [2.05, 4.69) is 34.1 Å². The van der Waals surface area contributed by atoms with Gasteiger partial charge < -0.3 is 9.80 Å². The summed E-state index contributed by atoms with van der Waals surface area (Å²) in [7, 11) is 0. The van der Waals surface area contributed by atoms with Crippen molar-refractivity contribution in [2.45, 2.75) is 32.2 Å². The number of hydrogen-bond donors (Lipinski definition) is 0. The fourth-order valence-electron chi connectivity index (χ4n) is 5.58. The summed E-state index contributed by atoms with van der Waals surface area (Å²) in [6.07, 6.45) is 2.88. The van der Waals surface area contributed by atoms with E-state index in [1.54, 1.807) is 6.07 Å². The van der Waals surface area contributed by atoms with E-state index in [1.807, 2.05) is 11.0 Å². The summed E-state index contributed by atoms with van der Waals surface area (Å²) in [4.78, 5) is 32.3. The molecule has 2 aromatic rings.